The van der Waals surface area contributed by atoms with Crippen LogP contribution in [0.1, 0.15) is 335 Å². The Bertz CT molecular complexity index is 1130. The first kappa shape index (κ1) is 68.1. The average Bonchev–Trinajstić information content (AvgIpc) is 3.36. The summed E-state index contributed by atoms with van der Waals surface area (Å²) in [5.41, 5.74) is 0. The standard InChI is InChI=1S/C64H121NO5/c1-3-5-7-9-11-13-15-17-18-19-20-21-22-23-24-25-26-29-33-36-40-44-48-52-56-62(67)61(60-66)65-63(68)57-53-49-45-41-37-34-30-27-28-31-35-39-43-47-51-55-59-70-64(69)58-54-50-46-42-38-32-16-14-12-10-8-6-4-2/h14,16,27,30,52,56,61-62,66-67H,3-13,15,17-26,28-29,31-51,53-55,57-60H2,1-2H3,(H,65,68)/b16-14-,30-27-,56-52+. The van der Waals surface area contributed by atoms with Crippen molar-refractivity contribution in [1.29, 1.82) is 0 Å². The van der Waals surface area contributed by atoms with Crippen LogP contribution in [0.5, 0.6) is 0 Å². The fourth-order valence-corrected chi connectivity index (χ4v) is 9.57. The Hall–Kier alpha value is -1.92. The minimum Gasteiger partial charge on any atom is -0.466 e. The van der Waals surface area contributed by atoms with Crippen LogP contribution in [0.4, 0.5) is 0 Å². The van der Waals surface area contributed by atoms with Gasteiger partial charge >= 0.3 is 5.97 Å². The second-order valence-corrected chi connectivity index (χ2v) is 21.4. The van der Waals surface area contributed by atoms with Gasteiger partial charge in [-0.3, -0.25) is 9.59 Å². The van der Waals surface area contributed by atoms with Crippen LogP contribution < -0.4 is 5.32 Å². The molecule has 0 aliphatic heterocycles. The van der Waals surface area contributed by atoms with E-state index in [0.717, 1.165) is 64.2 Å². The molecule has 2 unspecified atom stereocenters. The molecule has 70 heavy (non-hydrogen) atoms. The molecule has 0 aromatic carbocycles. The van der Waals surface area contributed by atoms with Gasteiger partial charge in [0.1, 0.15) is 0 Å². The highest BCUT2D eigenvalue weighted by Gasteiger charge is 2.18. The van der Waals surface area contributed by atoms with E-state index in [9.17, 15) is 19.8 Å². The van der Waals surface area contributed by atoms with Crippen LogP contribution in [0, 0.1) is 0 Å². The van der Waals surface area contributed by atoms with E-state index < -0.39 is 12.1 Å². The number of unbranched alkanes of at least 4 members (excludes halogenated alkanes) is 43. The molecule has 0 saturated heterocycles. The van der Waals surface area contributed by atoms with Crippen LogP contribution in [0.25, 0.3) is 0 Å². The molecule has 0 radical (unpaired) electrons. The van der Waals surface area contributed by atoms with E-state index in [1.54, 1.807) is 6.08 Å². The van der Waals surface area contributed by atoms with Gasteiger partial charge in [0.2, 0.25) is 5.91 Å². The molecule has 0 heterocycles. The Kier molecular flexibility index (Phi) is 58.0. The molecule has 412 valence electrons. The normalized spacial score (nSPS) is 12.8. The predicted octanol–water partition coefficient (Wildman–Crippen LogP) is 19.6. The Morgan fingerprint density at radius 1 is 0.386 bits per heavy atom. The van der Waals surface area contributed by atoms with Crippen molar-refractivity contribution < 1.29 is 24.5 Å². The predicted molar refractivity (Wildman–Crippen MR) is 306 cm³/mol. The summed E-state index contributed by atoms with van der Waals surface area (Å²) in [6.07, 6.45) is 74.7. The number of hydrogen-bond acceptors (Lipinski definition) is 5. The van der Waals surface area contributed by atoms with Gasteiger partial charge in [-0.15, -0.1) is 0 Å². The highest BCUT2D eigenvalue weighted by Crippen LogP contribution is 2.17. The first-order valence-electron chi connectivity index (χ1n) is 31.3. The number of carbonyl (C=O) groups is 2. The van der Waals surface area contributed by atoms with Crippen molar-refractivity contribution >= 4 is 11.9 Å². The molecule has 0 aromatic rings. The van der Waals surface area contributed by atoms with E-state index in [1.165, 1.54) is 244 Å². The van der Waals surface area contributed by atoms with Crippen LogP contribution in [0.2, 0.25) is 0 Å². The van der Waals surface area contributed by atoms with Crippen LogP contribution in [-0.2, 0) is 14.3 Å². The van der Waals surface area contributed by atoms with Crippen molar-refractivity contribution in [3.63, 3.8) is 0 Å². The van der Waals surface area contributed by atoms with Crippen molar-refractivity contribution in [3.05, 3.63) is 36.5 Å². The molecule has 0 saturated carbocycles. The number of carbonyl (C=O) groups excluding carboxylic acids is 2. The number of nitrogens with one attached hydrogen (secondary N) is 1. The Morgan fingerprint density at radius 2 is 0.671 bits per heavy atom. The summed E-state index contributed by atoms with van der Waals surface area (Å²) in [7, 11) is 0. The third-order valence-electron chi connectivity index (χ3n) is 14.4. The van der Waals surface area contributed by atoms with Crippen molar-refractivity contribution in [3.8, 4) is 0 Å². The first-order chi connectivity index (χ1) is 34.5. The SMILES string of the molecule is CCCCCC/C=C\CCCCCCCC(=O)OCCCCCCCCC/C=C\CCCCCCCC(=O)NC(CO)C(O)/C=C/CCCCCCCCCCCCCCCCCCCCCCCC. The van der Waals surface area contributed by atoms with Gasteiger partial charge in [0, 0.05) is 12.8 Å². The van der Waals surface area contributed by atoms with Crippen molar-refractivity contribution in [2.45, 2.75) is 347 Å². The van der Waals surface area contributed by atoms with Gasteiger partial charge in [0.25, 0.3) is 0 Å². The highest BCUT2D eigenvalue weighted by atomic mass is 16.5. The second kappa shape index (κ2) is 59.6. The lowest BCUT2D eigenvalue weighted by atomic mass is 10.0. The van der Waals surface area contributed by atoms with E-state index in [-0.39, 0.29) is 18.5 Å². The summed E-state index contributed by atoms with van der Waals surface area (Å²) in [6, 6.07) is -0.642. The van der Waals surface area contributed by atoms with Crippen LogP contribution in [-0.4, -0.2) is 47.4 Å². The van der Waals surface area contributed by atoms with Crippen molar-refractivity contribution in [2.75, 3.05) is 13.2 Å². The summed E-state index contributed by atoms with van der Waals surface area (Å²) in [4.78, 5) is 24.5. The quantitative estimate of drug-likeness (QED) is 0.0321. The lowest BCUT2D eigenvalue weighted by molar-refractivity contribution is -0.143. The maximum absolute atomic E-state index is 12.5. The minimum atomic E-state index is -0.857. The maximum atomic E-state index is 12.5. The Morgan fingerprint density at radius 3 is 1.03 bits per heavy atom. The van der Waals surface area contributed by atoms with E-state index in [0.29, 0.717) is 19.4 Å². The summed E-state index contributed by atoms with van der Waals surface area (Å²) < 4.78 is 5.46. The summed E-state index contributed by atoms with van der Waals surface area (Å²) >= 11 is 0. The Balaban J connectivity index is 3.50. The number of rotatable bonds is 58. The largest absolute Gasteiger partial charge is 0.466 e. The number of allylic oxidation sites excluding steroid dienone is 5. The van der Waals surface area contributed by atoms with Gasteiger partial charge in [-0.05, 0) is 83.5 Å². The summed E-state index contributed by atoms with van der Waals surface area (Å²) in [5, 5.41) is 23.2. The van der Waals surface area contributed by atoms with E-state index >= 15 is 0 Å². The molecule has 0 aliphatic rings. The third-order valence-corrected chi connectivity index (χ3v) is 14.4. The zero-order chi connectivity index (χ0) is 50.7. The van der Waals surface area contributed by atoms with Crippen molar-refractivity contribution in [1.82, 2.24) is 5.32 Å². The molecule has 0 spiro atoms. The van der Waals surface area contributed by atoms with Gasteiger partial charge in [-0.2, -0.15) is 0 Å². The minimum absolute atomic E-state index is 0.0128. The zero-order valence-corrected chi connectivity index (χ0v) is 47.0. The van der Waals surface area contributed by atoms with Gasteiger partial charge < -0.3 is 20.3 Å². The van der Waals surface area contributed by atoms with Gasteiger partial charge in [-0.25, -0.2) is 0 Å². The molecule has 0 fully saturated rings. The van der Waals surface area contributed by atoms with Gasteiger partial charge in [0.15, 0.2) is 0 Å². The average molecular weight is 985 g/mol. The first-order valence-corrected chi connectivity index (χ1v) is 31.3. The number of aliphatic hydroxyl groups excluding tert-OH is 2. The van der Waals surface area contributed by atoms with Gasteiger partial charge in [-0.1, -0.05) is 275 Å². The number of aliphatic hydroxyl groups is 2. The lowest BCUT2D eigenvalue weighted by Crippen LogP contribution is -2.45. The van der Waals surface area contributed by atoms with E-state index in [1.807, 2.05) is 6.08 Å². The highest BCUT2D eigenvalue weighted by molar-refractivity contribution is 5.76. The lowest BCUT2D eigenvalue weighted by Gasteiger charge is -2.20. The number of hydrogen-bond donors (Lipinski definition) is 3. The van der Waals surface area contributed by atoms with Crippen molar-refractivity contribution in [2.24, 2.45) is 0 Å². The molecule has 0 rings (SSSR count). The number of ether oxygens (including phenoxy) is 1. The molecule has 3 N–H and O–H groups in total. The second-order valence-electron chi connectivity index (χ2n) is 21.4. The van der Waals surface area contributed by atoms with Crippen LogP contribution in [0.3, 0.4) is 0 Å². The fourth-order valence-electron chi connectivity index (χ4n) is 9.57. The van der Waals surface area contributed by atoms with E-state index in [2.05, 4.69) is 43.5 Å². The molecule has 6 nitrogen and oxygen atoms in total. The third kappa shape index (κ3) is 55.4. The number of amides is 1. The summed E-state index contributed by atoms with van der Waals surface area (Å²) in [6.45, 7) is 4.88. The van der Waals surface area contributed by atoms with Crippen LogP contribution in [0.15, 0.2) is 36.5 Å². The van der Waals surface area contributed by atoms with Crippen LogP contribution >= 0.6 is 0 Å². The molecule has 0 bridgehead atoms. The smallest absolute Gasteiger partial charge is 0.305 e. The Labute approximate surface area is 436 Å². The fraction of sp³-hybridized carbons (Fsp3) is 0.875. The zero-order valence-electron chi connectivity index (χ0n) is 47.0. The molecule has 2 atom stereocenters. The molecule has 1 amide bonds. The number of esters is 1. The maximum Gasteiger partial charge on any atom is 0.305 e. The van der Waals surface area contributed by atoms with E-state index in [4.69, 9.17) is 4.74 Å². The summed E-state index contributed by atoms with van der Waals surface area (Å²) in [5.74, 6) is -0.0954. The molecular weight excluding hydrogens is 863 g/mol. The molecule has 6 heteroatoms. The molecule has 0 aromatic heterocycles. The van der Waals surface area contributed by atoms with Gasteiger partial charge in [0.05, 0.1) is 25.4 Å². The monoisotopic (exact) mass is 984 g/mol. The topological polar surface area (TPSA) is 95.9 Å². The molecule has 0 aliphatic carbocycles. The molecular formula is C64H121NO5.